The predicted molar refractivity (Wildman–Crippen MR) is 307 cm³/mol. The van der Waals surface area contributed by atoms with E-state index in [4.69, 9.17) is 9.47 Å². The number of nitrogens with zero attached hydrogens (tertiary/aromatic N) is 4. The smallest absolute Gasteiger partial charge is 0.246 e. The first-order valence-electron chi connectivity index (χ1n) is 30.9. The highest BCUT2D eigenvalue weighted by Gasteiger charge is 2.47. The van der Waals surface area contributed by atoms with E-state index in [2.05, 4.69) is 66.0 Å². The molecule has 0 bridgehead atoms. The topological polar surface area (TPSA) is 206 Å². The van der Waals surface area contributed by atoms with E-state index in [9.17, 15) is 28.8 Å². The Balaban J connectivity index is 0.744. The number of hydrogen-bond acceptors (Lipinski definition) is 12. The van der Waals surface area contributed by atoms with Crippen LogP contribution >= 0.6 is 0 Å². The number of ether oxygens (including phenoxy) is 2. The third-order valence-electron chi connectivity index (χ3n) is 19.0. The lowest BCUT2D eigenvalue weighted by Crippen LogP contribution is -2.57. The van der Waals surface area contributed by atoms with Crippen LogP contribution < -0.4 is 31.9 Å². The van der Waals surface area contributed by atoms with Crippen LogP contribution in [0.25, 0.3) is 0 Å². The number of carbonyl (C=O) groups excluding carboxylic acids is 6. The van der Waals surface area contributed by atoms with Gasteiger partial charge in [-0.2, -0.15) is 0 Å². The van der Waals surface area contributed by atoms with Crippen molar-refractivity contribution in [2.24, 2.45) is 11.8 Å². The van der Waals surface area contributed by atoms with Crippen molar-refractivity contribution in [2.45, 2.75) is 190 Å². The van der Waals surface area contributed by atoms with E-state index >= 15 is 0 Å². The number of likely N-dealkylation sites (tertiary alicyclic amines) is 2. The first-order chi connectivity index (χ1) is 38.9. The van der Waals surface area contributed by atoms with E-state index in [0.717, 1.165) is 153 Å². The molecule has 3 heterocycles. The van der Waals surface area contributed by atoms with Crippen LogP contribution in [-0.2, 0) is 51.1 Å². The molecule has 2 aromatic carbocycles. The largest absolute Gasteiger partial charge is 0.376 e. The maximum atomic E-state index is 14.7. The standard InChI is InChI=1S/C62H94N10O8/c1-41(63-3)57(73)67-55(45-19-5-6-20-45)61(77)71-39-47(37-53(71)59(75)65-51-27-13-23-43-17-9-11-25-49(43)51)79-35-15-29-69-31-33-70(34-32-69)30-16-36-80-48-38-54(60(76)66-52-28-14-24-44-18-10-12-26-50(44)52)72(40-48)62(78)56(46-21-7-8-22-46)68-58(74)42(2)64-4/h9-12,17-18,25-26,41-42,45-48,51-56,63-64H,5-8,13-16,19-24,27-40H2,1-4H3,(H,65,75)(H,66,76)(H,67,73)(H,68,74)/t41-,42-,47-,48-,51+,52+,53-,54-,55-,56-/m0/s1. The average molecular weight is 1110 g/mol. The van der Waals surface area contributed by atoms with E-state index in [1.165, 1.54) is 11.1 Å². The van der Waals surface area contributed by atoms with Crippen molar-refractivity contribution in [1.29, 1.82) is 0 Å². The first-order valence-corrected chi connectivity index (χ1v) is 30.9. The molecule has 0 spiro atoms. The van der Waals surface area contributed by atoms with E-state index in [0.29, 0.717) is 39.1 Å². The van der Waals surface area contributed by atoms with Gasteiger partial charge in [-0.25, -0.2) is 0 Å². The fourth-order valence-corrected chi connectivity index (χ4v) is 14.0. The third kappa shape index (κ3) is 15.0. The van der Waals surface area contributed by atoms with Gasteiger partial charge in [0.25, 0.3) is 0 Å². The number of hydrogen-bond donors (Lipinski definition) is 6. The Kier molecular flexibility index (Phi) is 21.5. The molecule has 3 aliphatic heterocycles. The van der Waals surface area contributed by atoms with Crippen molar-refractivity contribution < 1.29 is 38.2 Å². The molecule has 18 nitrogen and oxygen atoms in total. The van der Waals surface area contributed by atoms with Crippen LogP contribution in [0.1, 0.15) is 151 Å². The number of fused-ring (bicyclic) bond motifs is 2. The van der Waals surface area contributed by atoms with Gasteiger partial charge in [0.2, 0.25) is 35.4 Å². The van der Waals surface area contributed by atoms with Gasteiger partial charge in [0.05, 0.1) is 36.4 Å². The van der Waals surface area contributed by atoms with Crippen LogP contribution in [0.2, 0.25) is 0 Å². The Morgan fingerprint density at radius 1 is 0.537 bits per heavy atom. The van der Waals surface area contributed by atoms with Crippen LogP contribution in [0.4, 0.5) is 0 Å². The van der Waals surface area contributed by atoms with E-state index in [-0.39, 0.29) is 71.6 Å². The molecule has 0 unspecified atom stereocenters. The van der Waals surface area contributed by atoms with Crippen molar-refractivity contribution in [3.8, 4) is 0 Å². The highest BCUT2D eigenvalue weighted by atomic mass is 16.5. The van der Waals surface area contributed by atoms with Gasteiger partial charge >= 0.3 is 0 Å². The van der Waals surface area contributed by atoms with Crippen LogP contribution in [0, 0.1) is 11.8 Å². The van der Waals surface area contributed by atoms with Crippen LogP contribution in [0.15, 0.2) is 48.5 Å². The van der Waals surface area contributed by atoms with E-state index in [1.807, 2.05) is 24.3 Å². The quantitative estimate of drug-likeness (QED) is 0.0815. The van der Waals surface area contributed by atoms with E-state index in [1.54, 1.807) is 37.7 Å². The minimum atomic E-state index is -0.695. The van der Waals surface area contributed by atoms with Crippen LogP contribution in [0.3, 0.4) is 0 Å². The highest BCUT2D eigenvalue weighted by Crippen LogP contribution is 2.36. The second-order valence-corrected chi connectivity index (χ2v) is 24.2. The fraction of sp³-hybridized carbons (Fsp3) is 0.710. The Hall–Kier alpha value is -4.98. The van der Waals surface area contributed by atoms with Crippen LogP contribution in [-0.4, -0.2) is 183 Å². The van der Waals surface area contributed by atoms with Crippen molar-refractivity contribution >= 4 is 35.4 Å². The van der Waals surface area contributed by atoms with Gasteiger partial charge in [-0.1, -0.05) is 74.2 Å². The zero-order chi connectivity index (χ0) is 56.1. The molecule has 10 atom stereocenters. The van der Waals surface area contributed by atoms with Gasteiger partial charge < -0.3 is 61.0 Å². The Morgan fingerprint density at radius 3 is 1.31 bits per heavy atom. The summed E-state index contributed by atoms with van der Waals surface area (Å²) in [4.78, 5) is 93.0. The lowest BCUT2D eigenvalue weighted by Gasteiger charge is -2.34. The summed E-state index contributed by atoms with van der Waals surface area (Å²) < 4.78 is 13.1. The molecule has 3 saturated heterocycles. The van der Waals surface area contributed by atoms with Gasteiger partial charge in [0.1, 0.15) is 24.2 Å². The molecule has 0 aromatic heterocycles. The minimum Gasteiger partial charge on any atom is -0.376 e. The number of rotatable bonds is 24. The van der Waals surface area contributed by atoms with Crippen LogP contribution in [0.5, 0.6) is 0 Å². The lowest BCUT2D eigenvalue weighted by molar-refractivity contribution is -0.143. The number of piperazine rings is 1. The minimum absolute atomic E-state index is 0.0230. The predicted octanol–water partition coefficient (Wildman–Crippen LogP) is 4.31. The molecular weight excluding hydrogens is 1010 g/mol. The maximum Gasteiger partial charge on any atom is 0.246 e. The molecule has 2 aromatic rings. The molecule has 9 rings (SSSR count). The van der Waals surface area contributed by atoms with Crippen molar-refractivity contribution in [2.75, 3.05) is 79.7 Å². The molecule has 4 aliphatic carbocycles. The SMILES string of the molecule is CN[C@@H](C)C(=O)N[C@H](C(=O)N1C[C@@H](OCCCN2CCN(CCCO[C@H]3C[C@@H](C(=O)N[C@@H]4CCCc5ccccc54)N(C(=O)[C@@H](NC(=O)[C@H](C)NC)C4CCCC4)C3)CC2)C[C@H]1C(=O)N[C@@H]1CCCc2ccccc21)C1CCCC1. The summed E-state index contributed by atoms with van der Waals surface area (Å²) in [7, 11) is 3.47. The Labute approximate surface area is 475 Å². The molecular formula is C62H94N10O8. The lowest BCUT2D eigenvalue weighted by atomic mass is 9.87. The second kappa shape index (κ2) is 28.8. The molecule has 6 amide bonds. The van der Waals surface area contributed by atoms with Gasteiger partial charge in [0.15, 0.2) is 0 Å². The number of amides is 6. The molecule has 440 valence electrons. The zero-order valence-electron chi connectivity index (χ0n) is 48.4. The van der Waals surface area contributed by atoms with E-state index < -0.39 is 36.3 Å². The second-order valence-electron chi connectivity index (χ2n) is 24.2. The zero-order valence-corrected chi connectivity index (χ0v) is 48.4. The summed E-state index contributed by atoms with van der Waals surface area (Å²) in [5.74, 6) is -1.08. The summed E-state index contributed by atoms with van der Waals surface area (Å²) in [5.41, 5.74) is 4.81. The summed E-state index contributed by atoms with van der Waals surface area (Å²) in [6.07, 6.45) is 15.0. The molecule has 18 heteroatoms. The summed E-state index contributed by atoms with van der Waals surface area (Å²) >= 11 is 0. The fourth-order valence-electron chi connectivity index (χ4n) is 14.0. The number of carbonyl (C=O) groups is 6. The molecule has 0 radical (unpaired) electrons. The maximum absolute atomic E-state index is 14.7. The van der Waals surface area contributed by atoms with Gasteiger partial charge in [-0.05, 0) is 139 Å². The first kappa shape index (κ1) is 59.6. The Bertz CT molecular complexity index is 2240. The normalized spacial score (nSPS) is 26.2. The monoisotopic (exact) mass is 1110 g/mol. The molecule has 5 fully saturated rings. The number of nitrogens with one attached hydrogen (secondary N) is 6. The summed E-state index contributed by atoms with van der Waals surface area (Å²) in [5, 5.41) is 18.9. The molecule has 7 aliphatic rings. The number of likely N-dealkylation sites (N-methyl/N-ethyl adjacent to an activating group) is 2. The summed E-state index contributed by atoms with van der Waals surface area (Å²) in [6, 6.07) is 12.7. The van der Waals surface area contributed by atoms with Crippen molar-refractivity contribution in [3.05, 3.63) is 70.8 Å². The number of aryl methyl sites for hydroxylation is 2. The molecule has 6 N–H and O–H groups in total. The van der Waals surface area contributed by atoms with Gasteiger partial charge in [-0.15, -0.1) is 0 Å². The van der Waals surface area contributed by atoms with Gasteiger partial charge in [0, 0.05) is 78.4 Å². The highest BCUT2D eigenvalue weighted by molar-refractivity contribution is 5.95. The Morgan fingerprint density at radius 2 is 0.925 bits per heavy atom. The molecule has 80 heavy (non-hydrogen) atoms. The summed E-state index contributed by atoms with van der Waals surface area (Å²) in [6.45, 7) is 10.7. The van der Waals surface area contributed by atoms with Crippen molar-refractivity contribution in [1.82, 2.24) is 51.5 Å². The number of benzene rings is 2. The van der Waals surface area contributed by atoms with Crippen molar-refractivity contribution in [3.63, 3.8) is 0 Å². The average Bonchev–Trinajstić information content (AvgIpc) is 4.35. The molecule has 2 saturated carbocycles. The van der Waals surface area contributed by atoms with Gasteiger partial charge in [-0.3, -0.25) is 28.8 Å². The third-order valence-corrected chi connectivity index (χ3v) is 19.0.